The molecule has 1 aromatic rings. The van der Waals surface area contributed by atoms with Crippen molar-refractivity contribution in [3.05, 3.63) is 24.2 Å². The van der Waals surface area contributed by atoms with Crippen molar-refractivity contribution in [3.8, 4) is 0 Å². The second-order valence-corrected chi connectivity index (χ2v) is 6.69. The van der Waals surface area contributed by atoms with Gasteiger partial charge in [0.15, 0.2) is 5.96 Å². The molecule has 0 aliphatic carbocycles. The summed E-state index contributed by atoms with van der Waals surface area (Å²) in [5.74, 6) is 1.85. The summed E-state index contributed by atoms with van der Waals surface area (Å²) in [5.41, 5.74) is 0. The number of unbranched alkanes of at least 4 members (excludes halogenated alkanes) is 1. The van der Waals surface area contributed by atoms with Gasteiger partial charge in [-0.3, -0.25) is 9.89 Å². The Morgan fingerprint density at radius 1 is 1.18 bits per heavy atom. The van der Waals surface area contributed by atoms with E-state index < -0.39 is 0 Å². The van der Waals surface area contributed by atoms with Crippen LogP contribution in [-0.2, 0) is 15.9 Å². The van der Waals surface area contributed by atoms with E-state index in [2.05, 4.69) is 27.4 Å². The smallest absolute Gasteiger partial charge is 0.191 e. The molecular weight excluding hydrogens is 471 g/mol. The molecule has 1 aliphatic heterocycles. The van der Waals surface area contributed by atoms with Crippen molar-refractivity contribution in [2.45, 2.75) is 32.6 Å². The Hall–Kier alpha value is -0.840. The summed E-state index contributed by atoms with van der Waals surface area (Å²) in [6.45, 7) is 10.9. The summed E-state index contributed by atoms with van der Waals surface area (Å²) in [6, 6.07) is 3.92. The second-order valence-electron chi connectivity index (χ2n) is 6.69. The largest absolute Gasteiger partial charge is 0.469 e. The van der Waals surface area contributed by atoms with Crippen molar-refractivity contribution in [1.29, 1.82) is 0 Å². The van der Waals surface area contributed by atoms with Gasteiger partial charge in [0.1, 0.15) is 5.76 Å². The van der Waals surface area contributed by atoms with Gasteiger partial charge in [-0.1, -0.05) is 13.3 Å². The third-order valence-corrected chi connectivity index (χ3v) is 4.43. The number of guanidine groups is 1. The standard InChI is InChI=1S/C20H36N4O3.HI/c1-2-3-14-25-15-5-8-21-20(22-9-7-19-6-4-16-27-19)23-10-11-24-12-17-26-18-13-24;/h4,6,16H,2-3,5,7-15,17-18H2,1H3,(H2,21,22,23);1H. The van der Waals surface area contributed by atoms with Gasteiger partial charge in [-0.25, -0.2) is 0 Å². The maximum atomic E-state index is 5.61. The van der Waals surface area contributed by atoms with Crippen LogP contribution in [0.5, 0.6) is 0 Å². The van der Waals surface area contributed by atoms with Crippen molar-refractivity contribution in [2.24, 2.45) is 4.99 Å². The number of nitrogens with zero attached hydrogens (tertiary/aromatic N) is 2. The average Bonchev–Trinajstić information content (AvgIpc) is 3.21. The van der Waals surface area contributed by atoms with Crippen molar-refractivity contribution < 1.29 is 13.9 Å². The van der Waals surface area contributed by atoms with Crippen molar-refractivity contribution in [1.82, 2.24) is 15.5 Å². The number of hydrogen-bond donors (Lipinski definition) is 2. The minimum Gasteiger partial charge on any atom is -0.469 e. The molecule has 0 unspecified atom stereocenters. The molecule has 1 fully saturated rings. The monoisotopic (exact) mass is 508 g/mol. The number of hydrogen-bond acceptors (Lipinski definition) is 5. The lowest BCUT2D eigenvalue weighted by Gasteiger charge is -2.26. The first-order valence-electron chi connectivity index (χ1n) is 10.3. The lowest BCUT2D eigenvalue weighted by molar-refractivity contribution is 0.0389. The number of ether oxygens (including phenoxy) is 2. The number of rotatable bonds is 13. The van der Waals surface area contributed by atoms with Crippen molar-refractivity contribution in [2.75, 3.05) is 65.7 Å². The molecule has 162 valence electrons. The van der Waals surface area contributed by atoms with E-state index in [1.54, 1.807) is 6.26 Å². The van der Waals surface area contributed by atoms with Crippen LogP contribution in [0.15, 0.2) is 27.8 Å². The van der Waals surface area contributed by atoms with E-state index >= 15 is 0 Å². The van der Waals surface area contributed by atoms with E-state index in [4.69, 9.17) is 13.9 Å². The van der Waals surface area contributed by atoms with Gasteiger partial charge in [-0.05, 0) is 25.0 Å². The Morgan fingerprint density at radius 3 is 2.71 bits per heavy atom. The third kappa shape index (κ3) is 11.9. The number of furan rings is 1. The molecule has 0 radical (unpaired) electrons. The maximum Gasteiger partial charge on any atom is 0.191 e. The zero-order valence-corrected chi connectivity index (χ0v) is 19.5. The van der Waals surface area contributed by atoms with Gasteiger partial charge >= 0.3 is 0 Å². The molecule has 0 amide bonds. The van der Waals surface area contributed by atoms with Crippen LogP contribution in [0.2, 0.25) is 0 Å². The normalized spacial score (nSPS) is 15.2. The Labute approximate surface area is 186 Å². The van der Waals surface area contributed by atoms with E-state index in [9.17, 15) is 0 Å². The van der Waals surface area contributed by atoms with E-state index in [0.29, 0.717) is 0 Å². The van der Waals surface area contributed by atoms with Gasteiger partial charge in [0.05, 0.1) is 19.5 Å². The van der Waals surface area contributed by atoms with Crippen LogP contribution < -0.4 is 10.6 Å². The molecule has 1 aromatic heterocycles. The number of halogens is 1. The fraction of sp³-hybridized carbons (Fsp3) is 0.750. The summed E-state index contributed by atoms with van der Waals surface area (Å²) in [5, 5.41) is 6.85. The fourth-order valence-corrected chi connectivity index (χ4v) is 2.80. The first-order chi connectivity index (χ1) is 13.4. The highest BCUT2D eigenvalue weighted by atomic mass is 127. The summed E-state index contributed by atoms with van der Waals surface area (Å²) < 4.78 is 16.4. The summed E-state index contributed by atoms with van der Waals surface area (Å²) in [6.07, 6.45) is 5.81. The Balaban J connectivity index is 0.00000392. The fourth-order valence-electron chi connectivity index (χ4n) is 2.80. The van der Waals surface area contributed by atoms with Crippen LogP contribution in [-0.4, -0.2) is 76.6 Å². The van der Waals surface area contributed by atoms with E-state index in [-0.39, 0.29) is 24.0 Å². The first kappa shape index (κ1) is 25.2. The van der Waals surface area contributed by atoms with Crippen LogP contribution in [0, 0.1) is 0 Å². The van der Waals surface area contributed by atoms with Gasteiger partial charge in [-0.15, -0.1) is 24.0 Å². The quantitative estimate of drug-likeness (QED) is 0.185. The summed E-state index contributed by atoms with van der Waals surface area (Å²) in [7, 11) is 0. The molecule has 8 heteroatoms. The van der Waals surface area contributed by atoms with Crippen LogP contribution in [0.4, 0.5) is 0 Å². The number of aliphatic imine (C=N–C) groups is 1. The highest BCUT2D eigenvalue weighted by Crippen LogP contribution is 1.99. The lowest BCUT2D eigenvalue weighted by atomic mass is 10.3. The van der Waals surface area contributed by atoms with Gasteiger partial charge in [-0.2, -0.15) is 0 Å². The molecule has 0 bridgehead atoms. The predicted molar refractivity (Wildman–Crippen MR) is 124 cm³/mol. The number of nitrogens with one attached hydrogen (secondary N) is 2. The molecule has 2 N–H and O–H groups in total. The average molecular weight is 508 g/mol. The Morgan fingerprint density at radius 2 is 1.96 bits per heavy atom. The lowest BCUT2D eigenvalue weighted by Crippen LogP contribution is -2.44. The minimum absolute atomic E-state index is 0. The molecule has 28 heavy (non-hydrogen) atoms. The van der Waals surface area contributed by atoms with E-state index in [0.717, 1.165) is 96.7 Å². The third-order valence-electron chi connectivity index (χ3n) is 4.43. The first-order valence-corrected chi connectivity index (χ1v) is 10.3. The van der Waals surface area contributed by atoms with Crippen LogP contribution in [0.1, 0.15) is 31.9 Å². The van der Waals surface area contributed by atoms with Crippen molar-refractivity contribution in [3.63, 3.8) is 0 Å². The Bertz CT molecular complexity index is 494. The predicted octanol–water partition coefficient (Wildman–Crippen LogP) is 2.51. The Kier molecular flexibility index (Phi) is 15.3. The maximum absolute atomic E-state index is 5.61. The molecule has 1 aliphatic rings. The highest BCUT2D eigenvalue weighted by Gasteiger charge is 2.09. The number of morpholine rings is 1. The molecule has 7 nitrogen and oxygen atoms in total. The topological polar surface area (TPSA) is 71.3 Å². The SMILES string of the molecule is CCCCOCCCN=C(NCCc1ccco1)NCCN1CCOCC1.I. The van der Waals surface area contributed by atoms with Gasteiger partial charge in [0.25, 0.3) is 0 Å². The molecule has 0 aromatic carbocycles. The zero-order chi connectivity index (χ0) is 19.0. The molecule has 2 heterocycles. The van der Waals surface area contributed by atoms with Crippen molar-refractivity contribution >= 4 is 29.9 Å². The summed E-state index contributed by atoms with van der Waals surface area (Å²) in [4.78, 5) is 7.10. The highest BCUT2D eigenvalue weighted by molar-refractivity contribution is 14.0. The van der Waals surface area contributed by atoms with E-state index in [1.165, 1.54) is 6.42 Å². The minimum atomic E-state index is 0. The van der Waals surface area contributed by atoms with Crippen LogP contribution in [0.25, 0.3) is 0 Å². The molecule has 1 saturated heterocycles. The molecule has 0 spiro atoms. The van der Waals surface area contributed by atoms with Gasteiger partial charge in [0.2, 0.25) is 0 Å². The summed E-state index contributed by atoms with van der Waals surface area (Å²) >= 11 is 0. The van der Waals surface area contributed by atoms with E-state index in [1.807, 2.05) is 12.1 Å². The molecule has 0 saturated carbocycles. The van der Waals surface area contributed by atoms with Gasteiger partial charge < -0.3 is 24.5 Å². The molecular formula is C20H37IN4O3. The van der Waals surface area contributed by atoms with Crippen LogP contribution >= 0.6 is 24.0 Å². The van der Waals surface area contributed by atoms with Gasteiger partial charge in [0, 0.05) is 58.9 Å². The zero-order valence-electron chi connectivity index (χ0n) is 17.2. The second kappa shape index (κ2) is 17.1. The van der Waals surface area contributed by atoms with Crippen LogP contribution in [0.3, 0.4) is 0 Å². The molecule has 2 rings (SSSR count). The molecule has 0 atom stereocenters.